The third-order valence-electron chi connectivity index (χ3n) is 3.36. The second-order valence-corrected chi connectivity index (χ2v) is 4.33. The zero-order chi connectivity index (χ0) is 12.6. The molecule has 4 heteroatoms. The fraction of sp³-hybridized carbons (Fsp3) is 0.385. The van der Waals surface area contributed by atoms with Gasteiger partial charge >= 0.3 is 5.97 Å². The molecule has 2 unspecified atom stereocenters. The van der Waals surface area contributed by atoms with Gasteiger partial charge in [0.15, 0.2) is 5.78 Å². The molecule has 0 aromatic heterocycles. The van der Waals surface area contributed by atoms with Gasteiger partial charge in [-0.1, -0.05) is 13.0 Å². The molecule has 90 valence electrons. The zero-order valence-electron chi connectivity index (χ0n) is 9.44. The smallest absolute Gasteiger partial charge is 0.307 e. The second-order valence-electron chi connectivity index (χ2n) is 4.33. The Labute approximate surface area is 98.3 Å². The van der Waals surface area contributed by atoms with Gasteiger partial charge < -0.3 is 5.11 Å². The monoisotopic (exact) mass is 236 g/mol. The summed E-state index contributed by atoms with van der Waals surface area (Å²) in [5, 5.41) is 9.06. The van der Waals surface area contributed by atoms with Gasteiger partial charge in [-0.15, -0.1) is 0 Å². The van der Waals surface area contributed by atoms with E-state index in [1.54, 1.807) is 13.0 Å². The van der Waals surface area contributed by atoms with Crippen molar-refractivity contribution in [1.29, 1.82) is 0 Å². The molecule has 0 heterocycles. The molecule has 0 spiro atoms. The molecular weight excluding hydrogens is 223 g/mol. The molecule has 1 N–H and O–H groups in total. The van der Waals surface area contributed by atoms with Gasteiger partial charge in [-0.25, -0.2) is 4.39 Å². The van der Waals surface area contributed by atoms with Gasteiger partial charge in [0.2, 0.25) is 0 Å². The van der Waals surface area contributed by atoms with Crippen LogP contribution < -0.4 is 0 Å². The van der Waals surface area contributed by atoms with E-state index in [2.05, 4.69) is 0 Å². The van der Waals surface area contributed by atoms with E-state index in [1.165, 1.54) is 12.1 Å². The van der Waals surface area contributed by atoms with Gasteiger partial charge in [-0.3, -0.25) is 9.59 Å². The lowest BCUT2D eigenvalue weighted by Crippen LogP contribution is -2.27. The highest BCUT2D eigenvalue weighted by Gasteiger charge is 2.38. The third kappa shape index (κ3) is 1.95. The van der Waals surface area contributed by atoms with Crippen molar-refractivity contribution in [3.05, 3.63) is 35.1 Å². The number of carbonyl (C=O) groups excluding carboxylic acids is 1. The number of halogens is 1. The van der Waals surface area contributed by atoms with E-state index in [0.717, 1.165) is 5.56 Å². The standard InChI is InChI=1S/C13H13FO3/c1-2-9(13(16)17)11-5-7-3-4-8(14)6-10(7)12(11)15/h3-4,6,9,11H,2,5H2,1H3,(H,16,17). The van der Waals surface area contributed by atoms with Crippen LogP contribution in [0.15, 0.2) is 18.2 Å². The van der Waals surface area contributed by atoms with Crippen molar-refractivity contribution in [2.45, 2.75) is 19.8 Å². The van der Waals surface area contributed by atoms with E-state index in [4.69, 9.17) is 5.11 Å². The normalized spacial score (nSPS) is 20.1. The minimum atomic E-state index is -0.959. The quantitative estimate of drug-likeness (QED) is 0.876. The molecule has 0 radical (unpaired) electrons. The molecule has 0 saturated heterocycles. The topological polar surface area (TPSA) is 54.4 Å². The molecule has 0 amide bonds. The number of Topliss-reactive ketones (excluding diaryl/α,β-unsaturated/α-hetero) is 1. The summed E-state index contributed by atoms with van der Waals surface area (Å²) in [6, 6.07) is 4.07. The maximum absolute atomic E-state index is 13.0. The van der Waals surface area contributed by atoms with E-state index < -0.39 is 23.6 Å². The van der Waals surface area contributed by atoms with E-state index in [1.807, 2.05) is 0 Å². The largest absolute Gasteiger partial charge is 0.481 e. The van der Waals surface area contributed by atoms with E-state index in [0.29, 0.717) is 18.4 Å². The number of hydrogen-bond acceptors (Lipinski definition) is 2. The molecule has 2 atom stereocenters. The number of carbonyl (C=O) groups is 2. The summed E-state index contributed by atoms with van der Waals surface area (Å²) in [6.07, 6.45) is 0.807. The van der Waals surface area contributed by atoms with Crippen LogP contribution in [0, 0.1) is 17.7 Å². The van der Waals surface area contributed by atoms with Gasteiger partial charge in [0.1, 0.15) is 5.82 Å². The Kier molecular flexibility index (Phi) is 2.96. The van der Waals surface area contributed by atoms with Crippen LogP contribution in [0.3, 0.4) is 0 Å². The lowest BCUT2D eigenvalue weighted by Gasteiger charge is -2.15. The van der Waals surface area contributed by atoms with Crippen molar-refractivity contribution in [2.75, 3.05) is 0 Å². The molecule has 3 nitrogen and oxygen atoms in total. The molecular formula is C13H13FO3. The van der Waals surface area contributed by atoms with Gasteiger partial charge in [0, 0.05) is 11.5 Å². The van der Waals surface area contributed by atoms with Gasteiger partial charge in [-0.2, -0.15) is 0 Å². The minimum absolute atomic E-state index is 0.242. The Hall–Kier alpha value is -1.71. The van der Waals surface area contributed by atoms with Gasteiger partial charge in [0.25, 0.3) is 0 Å². The Morgan fingerprint density at radius 2 is 2.29 bits per heavy atom. The van der Waals surface area contributed by atoms with E-state index in [9.17, 15) is 14.0 Å². The number of hydrogen-bond donors (Lipinski definition) is 1. The van der Waals surface area contributed by atoms with Crippen molar-refractivity contribution in [2.24, 2.45) is 11.8 Å². The molecule has 0 bridgehead atoms. The molecule has 2 rings (SSSR count). The van der Waals surface area contributed by atoms with Crippen LogP contribution >= 0.6 is 0 Å². The Morgan fingerprint density at radius 3 is 2.88 bits per heavy atom. The van der Waals surface area contributed by atoms with E-state index in [-0.39, 0.29) is 5.78 Å². The SMILES string of the molecule is CCC(C(=O)O)C1Cc2ccc(F)cc2C1=O. The molecule has 17 heavy (non-hydrogen) atoms. The van der Waals surface area contributed by atoms with Crippen molar-refractivity contribution in [3.8, 4) is 0 Å². The molecule has 0 saturated carbocycles. The number of carboxylic acids is 1. The highest BCUT2D eigenvalue weighted by molar-refractivity contribution is 6.04. The average Bonchev–Trinajstić information content (AvgIpc) is 2.58. The molecule has 1 aliphatic carbocycles. The highest BCUT2D eigenvalue weighted by atomic mass is 19.1. The lowest BCUT2D eigenvalue weighted by molar-refractivity contribution is -0.143. The zero-order valence-corrected chi connectivity index (χ0v) is 9.44. The van der Waals surface area contributed by atoms with Crippen LogP contribution in [0.25, 0.3) is 0 Å². The third-order valence-corrected chi connectivity index (χ3v) is 3.36. The fourth-order valence-corrected chi connectivity index (χ4v) is 2.44. The van der Waals surface area contributed by atoms with Crippen LogP contribution in [0.5, 0.6) is 0 Å². The first kappa shape index (κ1) is 11.8. The minimum Gasteiger partial charge on any atom is -0.481 e. The molecule has 0 aliphatic heterocycles. The molecule has 1 aromatic rings. The number of benzene rings is 1. The molecule has 0 fully saturated rings. The number of aliphatic carboxylic acids is 1. The number of rotatable bonds is 3. The summed E-state index contributed by atoms with van der Waals surface area (Å²) in [6.45, 7) is 1.75. The highest BCUT2D eigenvalue weighted by Crippen LogP contribution is 2.33. The Balaban J connectivity index is 2.34. The number of carboxylic acid groups (broad SMARTS) is 1. The van der Waals surface area contributed by atoms with Crippen LogP contribution in [0.4, 0.5) is 4.39 Å². The average molecular weight is 236 g/mol. The van der Waals surface area contributed by atoms with Crippen LogP contribution in [-0.2, 0) is 11.2 Å². The first-order valence-corrected chi connectivity index (χ1v) is 5.60. The summed E-state index contributed by atoms with van der Waals surface area (Å²) in [5.41, 5.74) is 1.09. The van der Waals surface area contributed by atoms with Crippen molar-refractivity contribution in [1.82, 2.24) is 0 Å². The van der Waals surface area contributed by atoms with Crippen LogP contribution in [0.1, 0.15) is 29.3 Å². The number of ketones is 1. The van der Waals surface area contributed by atoms with Gasteiger partial charge in [0.05, 0.1) is 5.92 Å². The molecule has 1 aromatic carbocycles. The first-order valence-electron chi connectivity index (χ1n) is 5.60. The summed E-state index contributed by atoms with van der Waals surface area (Å²) in [4.78, 5) is 23.1. The van der Waals surface area contributed by atoms with Crippen molar-refractivity contribution < 1.29 is 19.1 Å². The summed E-state index contributed by atoms with van der Waals surface area (Å²) in [5.74, 6) is -2.89. The predicted octanol–water partition coefficient (Wildman–Crippen LogP) is 2.29. The maximum Gasteiger partial charge on any atom is 0.307 e. The maximum atomic E-state index is 13.0. The summed E-state index contributed by atoms with van der Waals surface area (Å²) < 4.78 is 13.0. The number of fused-ring (bicyclic) bond motifs is 1. The van der Waals surface area contributed by atoms with E-state index >= 15 is 0 Å². The second kappa shape index (κ2) is 4.28. The molecule has 1 aliphatic rings. The predicted molar refractivity (Wildman–Crippen MR) is 59.3 cm³/mol. The summed E-state index contributed by atoms with van der Waals surface area (Å²) in [7, 11) is 0. The van der Waals surface area contributed by atoms with Crippen molar-refractivity contribution in [3.63, 3.8) is 0 Å². The Morgan fingerprint density at radius 1 is 1.59 bits per heavy atom. The van der Waals surface area contributed by atoms with Gasteiger partial charge in [-0.05, 0) is 30.5 Å². The fourth-order valence-electron chi connectivity index (χ4n) is 2.44. The lowest BCUT2D eigenvalue weighted by atomic mass is 9.87. The van der Waals surface area contributed by atoms with Crippen LogP contribution in [-0.4, -0.2) is 16.9 Å². The Bertz CT molecular complexity index is 482. The van der Waals surface area contributed by atoms with Crippen LogP contribution in [0.2, 0.25) is 0 Å². The summed E-state index contributed by atoms with van der Waals surface area (Å²) >= 11 is 0. The first-order chi connectivity index (χ1) is 8.04. The van der Waals surface area contributed by atoms with Crippen molar-refractivity contribution >= 4 is 11.8 Å².